The predicted octanol–water partition coefficient (Wildman–Crippen LogP) is 2.50. The van der Waals surface area contributed by atoms with Gasteiger partial charge in [0.05, 0.1) is 13.5 Å². The Labute approximate surface area is 107 Å². The number of ether oxygens (including phenoxy) is 1. The lowest BCUT2D eigenvalue weighted by Gasteiger charge is -2.11. The molecule has 0 aliphatic carbocycles. The maximum absolute atomic E-state index is 11.7. The minimum Gasteiger partial charge on any atom is -0.469 e. The second-order valence-corrected chi connectivity index (χ2v) is 4.38. The van der Waals surface area contributed by atoms with Gasteiger partial charge in [-0.3, -0.25) is 9.59 Å². The minimum atomic E-state index is -0.373. The number of aryl methyl sites for hydroxylation is 3. The molecule has 0 atom stereocenters. The third kappa shape index (κ3) is 3.87. The predicted molar refractivity (Wildman–Crippen MR) is 70.5 cm³/mol. The highest BCUT2D eigenvalue weighted by Crippen LogP contribution is 2.20. The summed E-state index contributed by atoms with van der Waals surface area (Å²) in [6.07, 6.45) is 0.241. The molecule has 0 fully saturated rings. The van der Waals surface area contributed by atoms with E-state index in [0.717, 1.165) is 16.8 Å². The summed E-state index contributed by atoms with van der Waals surface area (Å²) in [7, 11) is 1.31. The average molecular weight is 249 g/mol. The smallest absolute Gasteiger partial charge is 0.306 e. The van der Waals surface area contributed by atoms with Gasteiger partial charge in [0.25, 0.3) is 0 Å². The molecular weight excluding hydrogens is 230 g/mol. The molecule has 0 spiro atoms. The zero-order valence-corrected chi connectivity index (χ0v) is 11.3. The summed E-state index contributed by atoms with van der Waals surface area (Å²) in [6, 6.07) is 3.98. The highest BCUT2D eigenvalue weighted by Gasteiger charge is 2.09. The van der Waals surface area contributed by atoms with Gasteiger partial charge in [-0.25, -0.2) is 0 Å². The number of amides is 1. The molecule has 0 saturated carbocycles. The van der Waals surface area contributed by atoms with Crippen molar-refractivity contribution in [2.75, 3.05) is 12.4 Å². The van der Waals surface area contributed by atoms with Crippen LogP contribution >= 0.6 is 0 Å². The van der Waals surface area contributed by atoms with Crippen LogP contribution in [-0.4, -0.2) is 19.0 Å². The van der Waals surface area contributed by atoms with Crippen molar-refractivity contribution in [1.82, 2.24) is 0 Å². The lowest BCUT2D eigenvalue weighted by atomic mass is 10.0. The summed E-state index contributed by atoms with van der Waals surface area (Å²) in [6.45, 7) is 5.98. The number of hydrogen-bond donors (Lipinski definition) is 1. The Balaban J connectivity index is 2.65. The van der Waals surface area contributed by atoms with Crippen molar-refractivity contribution < 1.29 is 14.3 Å². The van der Waals surface area contributed by atoms with Gasteiger partial charge in [0.2, 0.25) is 5.91 Å². The summed E-state index contributed by atoms with van der Waals surface area (Å²) in [5, 5.41) is 2.81. The first-order valence-electron chi connectivity index (χ1n) is 5.88. The van der Waals surface area contributed by atoms with Gasteiger partial charge in [0, 0.05) is 12.1 Å². The lowest BCUT2D eigenvalue weighted by molar-refractivity contribution is -0.141. The highest BCUT2D eigenvalue weighted by atomic mass is 16.5. The van der Waals surface area contributed by atoms with Gasteiger partial charge in [-0.15, -0.1) is 0 Å². The molecule has 0 aliphatic heterocycles. The van der Waals surface area contributed by atoms with Gasteiger partial charge >= 0.3 is 5.97 Å². The van der Waals surface area contributed by atoms with Crippen LogP contribution in [0.4, 0.5) is 5.69 Å². The van der Waals surface area contributed by atoms with Crippen molar-refractivity contribution in [3.8, 4) is 0 Å². The van der Waals surface area contributed by atoms with Crippen LogP contribution < -0.4 is 5.32 Å². The molecule has 1 N–H and O–H groups in total. The molecule has 0 unspecified atom stereocenters. The molecule has 0 radical (unpaired) electrons. The van der Waals surface area contributed by atoms with Crippen LogP contribution in [0, 0.1) is 20.8 Å². The van der Waals surface area contributed by atoms with Gasteiger partial charge in [0.1, 0.15) is 0 Å². The number of esters is 1. The fourth-order valence-electron chi connectivity index (χ4n) is 1.63. The Morgan fingerprint density at radius 2 is 1.67 bits per heavy atom. The Kier molecular flexibility index (Phi) is 4.89. The van der Waals surface area contributed by atoms with Crippen LogP contribution in [0.5, 0.6) is 0 Å². The van der Waals surface area contributed by atoms with Crippen molar-refractivity contribution in [2.45, 2.75) is 33.6 Å². The van der Waals surface area contributed by atoms with E-state index in [2.05, 4.69) is 10.1 Å². The zero-order chi connectivity index (χ0) is 13.7. The maximum atomic E-state index is 11.7. The molecule has 0 aromatic heterocycles. The molecule has 98 valence electrons. The zero-order valence-electron chi connectivity index (χ0n) is 11.3. The minimum absolute atomic E-state index is 0.103. The Morgan fingerprint density at radius 1 is 1.06 bits per heavy atom. The topological polar surface area (TPSA) is 55.4 Å². The largest absolute Gasteiger partial charge is 0.469 e. The van der Waals surface area contributed by atoms with Crippen molar-refractivity contribution in [3.05, 3.63) is 28.8 Å². The number of rotatable bonds is 4. The Bertz CT molecular complexity index is 466. The molecule has 0 heterocycles. The fraction of sp³-hybridized carbons (Fsp3) is 0.429. The number of methoxy groups -OCH3 is 1. The SMILES string of the molecule is COC(=O)CCC(=O)Nc1cc(C)c(C)cc1C. The summed E-state index contributed by atoms with van der Waals surface area (Å²) < 4.78 is 4.49. The third-order valence-corrected chi connectivity index (χ3v) is 2.90. The number of carbonyl (C=O) groups excluding carboxylic acids is 2. The van der Waals surface area contributed by atoms with Gasteiger partial charge in [-0.1, -0.05) is 6.07 Å². The van der Waals surface area contributed by atoms with E-state index in [-0.39, 0.29) is 24.7 Å². The fourth-order valence-corrected chi connectivity index (χ4v) is 1.63. The molecule has 0 aliphatic rings. The summed E-state index contributed by atoms with van der Waals surface area (Å²) in [5.41, 5.74) is 4.14. The molecule has 18 heavy (non-hydrogen) atoms. The number of benzene rings is 1. The molecular formula is C14H19NO3. The number of carbonyl (C=O) groups is 2. The van der Waals surface area contributed by atoms with E-state index in [1.165, 1.54) is 12.7 Å². The molecule has 1 aromatic carbocycles. The van der Waals surface area contributed by atoms with E-state index in [4.69, 9.17) is 0 Å². The van der Waals surface area contributed by atoms with Crippen LogP contribution in [-0.2, 0) is 14.3 Å². The maximum Gasteiger partial charge on any atom is 0.306 e. The van der Waals surface area contributed by atoms with E-state index in [1.54, 1.807) is 0 Å². The third-order valence-electron chi connectivity index (χ3n) is 2.90. The standard InChI is InChI=1S/C14H19NO3/c1-9-7-11(3)12(8-10(9)2)15-13(16)5-6-14(17)18-4/h7-8H,5-6H2,1-4H3,(H,15,16). The van der Waals surface area contributed by atoms with E-state index in [1.807, 2.05) is 32.9 Å². The van der Waals surface area contributed by atoms with Crippen molar-refractivity contribution in [1.29, 1.82) is 0 Å². The van der Waals surface area contributed by atoms with Gasteiger partial charge < -0.3 is 10.1 Å². The van der Waals surface area contributed by atoms with E-state index >= 15 is 0 Å². The number of anilines is 1. The normalized spacial score (nSPS) is 10.0. The quantitative estimate of drug-likeness (QED) is 0.834. The second kappa shape index (κ2) is 6.19. The van der Waals surface area contributed by atoms with E-state index < -0.39 is 0 Å². The summed E-state index contributed by atoms with van der Waals surface area (Å²) >= 11 is 0. The van der Waals surface area contributed by atoms with Crippen LogP contribution in [0.1, 0.15) is 29.5 Å². The van der Waals surface area contributed by atoms with Gasteiger partial charge in [-0.05, 0) is 43.5 Å². The van der Waals surface area contributed by atoms with Crippen LogP contribution in [0.3, 0.4) is 0 Å². The van der Waals surface area contributed by atoms with E-state index in [9.17, 15) is 9.59 Å². The molecule has 0 bridgehead atoms. The number of hydrogen-bond acceptors (Lipinski definition) is 3. The summed E-state index contributed by atoms with van der Waals surface area (Å²) in [5.74, 6) is -0.547. The van der Waals surface area contributed by atoms with Gasteiger partial charge in [0.15, 0.2) is 0 Å². The highest BCUT2D eigenvalue weighted by molar-refractivity contribution is 5.93. The van der Waals surface area contributed by atoms with Crippen molar-refractivity contribution >= 4 is 17.6 Å². The first-order valence-corrected chi connectivity index (χ1v) is 5.88. The first kappa shape index (κ1) is 14.2. The van der Waals surface area contributed by atoms with Crippen LogP contribution in [0.25, 0.3) is 0 Å². The molecule has 4 nitrogen and oxygen atoms in total. The molecule has 1 aromatic rings. The Hall–Kier alpha value is -1.84. The lowest BCUT2D eigenvalue weighted by Crippen LogP contribution is -2.14. The molecule has 4 heteroatoms. The summed E-state index contributed by atoms with van der Waals surface area (Å²) in [4.78, 5) is 22.6. The van der Waals surface area contributed by atoms with Crippen molar-refractivity contribution in [3.63, 3.8) is 0 Å². The first-order chi connectivity index (χ1) is 8.43. The van der Waals surface area contributed by atoms with Gasteiger partial charge in [-0.2, -0.15) is 0 Å². The number of nitrogens with one attached hydrogen (secondary N) is 1. The molecule has 1 amide bonds. The van der Waals surface area contributed by atoms with Crippen molar-refractivity contribution in [2.24, 2.45) is 0 Å². The average Bonchev–Trinajstić information content (AvgIpc) is 2.33. The Morgan fingerprint density at radius 3 is 2.28 bits per heavy atom. The second-order valence-electron chi connectivity index (χ2n) is 4.38. The monoisotopic (exact) mass is 249 g/mol. The van der Waals surface area contributed by atoms with Crippen LogP contribution in [0.15, 0.2) is 12.1 Å². The molecule has 1 rings (SSSR count). The van der Waals surface area contributed by atoms with Crippen LogP contribution in [0.2, 0.25) is 0 Å². The molecule has 0 saturated heterocycles. The van der Waals surface area contributed by atoms with E-state index in [0.29, 0.717) is 0 Å².